The number of halogens is 2. The van der Waals surface area contributed by atoms with Crippen molar-refractivity contribution in [3.63, 3.8) is 0 Å². The smallest absolute Gasteiger partial charge is 0.161 e. The predicted molar refractivity (Wildman–Crippen MR) is 86.1 cm³/mol. The number of benzene rings is 1. The minimum Gasteiger partial charge on any atom is -0.493 e. The maximum atomic E-state index is 5.50. The Hall–Kier alpha value is -0.940. The highest BCUT2D eigenvalue weighted by Crippen LogP contribution is 2.42. The lowest BCUT2D eigenvalue weighted by atomic mass is 10.0. The van der Waals surface area contributed by atoms with Gasteiger partial charge in [0.25, 0.3) is 0 Å². The third kappa shape index (κ3) is 2.88. The van der Waals surface area contributed by atoms with E-state index in [1.165, 1.54) is 0 Å². The van der Waals surface area contributed by atoms with Crippen LogP contribution in [0, 0.1) is 0 Å². The van der Waals surface area contributed by atoms with Gasteiger partial charge < -0.3 is 13.9 Å². The summed E-state index contributed by atoms with van der Waals surface area (Å²) in [5.74, 6) is 2.39. The number of aryl methyl sites for hydroxylation is 1. The Kier molecular flexibility index (Phi) is 5.16. The van der Waals surface area contributed by atoms with Crippen LogP contribution in [0.25, 0.3) is 0 Å². The van der Waals surface area contributed by atoms with E-state index in [1.807, 2.05) is 18.2 Å². The van der Waals surface area contributed by atoms with Crippen molar-refractivity contribution >= 4 is 31.9 Å². The second kappa shape index (κ2) is 6.68. The monoisotopic (exact) mass is 402 g/mol. The van der Waals surface area contributed by atoms with Crippen LogP contribution in [0.15, 0.2) is 33.4 Å². The molecule has 1 heterocycles. The molecule has 1 aromatic carbocycles. The first-order chi connectivity index (χ1) is 9.62. The summed E-state index contributed by atoms with van der Waals surface area (Å²) in [6.45, 7) is 2.08. The summed E-state index contributed by atoms with van der Waals surface area (Å²) in [5.41, 5.74) is 2.19. The molecule has 1 atom stereocenters. The van der Waals surface area contributed by atoms with Crippen molar-refractivity contribution in [2.75, 3.05) is 14.2 Å². The van der Waals surface area contributed by atoms with Crippen LogP contribution in [0.5, 0.6) is 11.5 Å². The maximum Gasteiger partial charge on any atom is 0.161 e. The number of alkyl halides is 1. The Morgan fingerprint density at radius 3 is 2.40 bits per heavy atom. The first-order valence-electron chi connectivity index (χ1n) is 6.24. The lowest BCUT2D eigenvalue weighted by Crippen LogP contribution is -1.99. The van der Waals surface area contributed by atoms with Crippen molar-refractivity contribution in [2.24, 2.45) is 0 Å². The number of rotatable bonds is 5. The Morgan fingerprint density at radius 2 is 1.80 bits per heavy atom. The highest BCUT2D eigenvalue weighted by atomic mass is 79.9. The largest absolute Gasteiger partial charge is 0.493 e. The average Bonchev–Trinajstić information content (AvgIpc) is 2.94. The molecule has 2 rings (SSSR count). The molecule has 1 unspecified atom stereocenters. The van der Waals surface area contributed by atoms with Crippen molar-refractivity contribution in [1.82, 2.24) is 0 Å². The zero-order valence-electron chi connectivity index (χ0n) is 11.6. The molecule has 20 heavy (non-hydrogen) atoms. The average molecular weight is 404 g/mol. The summed E-state index contributed by atoms with van der Waals surface area (Å²) in [7, 11) is 3.26. The molecule has 0 N–H and O–H groups in total. The van der Waals surface area contributed by atoms with E-state index >= 15 is 0 Å². The minimum atomic E-state index is 0.0328. The molecular formula is C15H16Br2O3. The number of hydrogen-bond acceptors (Lipinski definition) is 3. The Bertz CT molecular complexity index is 593. The van der Waals surface area contributed by atoms with Crippen LogP contribution in [0.2, 0.25) is 0 Å². The Balaban J connectivity index is 2.46. The van der Waals surface area contributed by atoms with E-state index in [2.05, 4.69) is 38.8 Å². The summed E-state index contributed by atoms with van der Waals surface area (Å²) >= 11 is 7.33. The molecule has 0 aliphatic carbocycles. The van der Waals surface area contributed by atoms with Gasteiger partial charge in [0.2, 0.25) is 0 Å². The molecular weight excluding hydrogens is 388 g/mol. The van der Waals surface area contributed by atoms with Gasteiger partial charge in [0.05, 0.1) is 25.3 Å². The number of ether oxygens (including phenoxy) is 2. The molecule has 0 saturated heterocycles. The molecule has 0 aliphatic rings. The summed E-state index contributed by atoms with van der Waals surface area (Å²) in [6, 6.07) is 5.87. The molecule has 108 valence electrons. The molecule has 2 aromatic rings. The van der Waals surface area contributed by atoms with Gasteiger partial charge in [-0.2, -0.15) is 0 Å². The van der Waals surface area contributed by atoms with E-state index < -0.39 is 0 Å². The fraction of sp³-hybridized carbons (Fsp3) is 0.333. The van der Waals surface area contributed by atoms with Gasteiger partial charge in [-0.15, -0.1) is 0 Å². The zero-order chi connectivity index (χ0) is 14.7. The van der Waals surface area contributed by atoms with Gasteiger partial charge in [-0.1, -0.05) is 38.8 Å². The van der Waals surface area contributed by atoms with Crippen LogP contribution >= 0.6 is 31.9 Å². The van der Waals surface area contributed by atoms with Gasteiger partial charge in [0.15, 0.2) is 11.5 Å². The van der Waals surface area contributed by atoms with E-state index in [4.69, 9.17) is 13.9 Å². The summed E-state index contributed by atoms with van der Waals surface area (Å²) in [5, 5.41) is 0. The molecule has 0 bridgehead atoms. The van der Waals surface area contributed by atoms with Crippen LogP contribution in [-0.4, -0.2) is 14.2 Å². The minimum absolute atomic E-state index is 0.0328. The third-order valence-electron chi connectivity index (χ3n) is 3.15. The van der Waals surface area contributed by atoms with Gasteiger partial charge in [-0.25, -0.2) is 0 Å². The molecule has 0 spiro atoms. The molecule has 5 heteroatoms. The van der Waals surface area contributed by atoms with Gasteiger partial charge in [-0.05, 0) is 23.8 Å². The van der Waals surface area contributed by atoms with Crippen LogP contribution in [0.4, 0.5) is 0 Å². The molecule has 1 aromatic heterocycles. The van der Waals surface area contributed by atoms with Crippen LogP contribution in [0.3, 0.4) is 0 Å². The van der Waals surface area contributed by atoms with Crippen LogP contribution in [0.1, 0.15) is 28.6 Å². The summed E-state index contributed by atoms with van der Waals surface area (Å²) < 4.78 is 17.1. The van der Waals surface area contributed by atoms with Gasteiger partial charge in [-0.3, -0.25) is 0 Å². The normalized spacial score (nSPS) is 12.2. The first-order valence-corrected chi connectivity index (χ1v) is 7.95. The number of methoxy groups -OCH3 is 2. The van der Waals surface area contributed by atoms with Crippen molar-refractivity contribution in [3.8, 4) is 11.5 Å². The van der Waals surface area contributed by atoms with Gasteiger partial charge in [0.1, 0.15) is 5.76 Å². The molecule has 0 fully saturated rings. The molecule has 0 amide bonds. The van der Waals surface area contributed by atoms with E-state index in [0.29, 0.717) is 11.5 Å². The summed E-state index contributed by atoms with van der Waals surface area (Å²) in [4.78, 5) is 0.0328. The first kappa shape index (κ1) is 15.4. The van der Waals surface area contributed by atoms with Crippen molar-refractivity contribution < 1.29 is 13.9 Å². The molecule has 0 aliphatic heterocycles. The number of furan rings is 1. The second-order valence-electron chi connectivity index (χ2n) is 4.24. The standard InChI is InChI=1S/C15H16Br2O3/c1-4-12-9(5-6-20-12)15(17)10-7-13(18-2)14(19-3)8-11(10)16/h5-8,15H,4H2,1-3H3. The van der Waals surface area contributed by atoms with Crippen molar-refractivity contribution in [1.29, 1.82) is 0 Å². The van der Waals surface area contributed by atoms with E-state index in [1.54, 1.807) is 20.5 Å². The lowest BCUT2D eigenvalue weighted by Gasteiger charge is -2.16. The molecule has 0 radical (unpaired) electrons. The third-order valence-corrected chi connectivity index (χ3v) is 4.82. The topological polar surface area (TPSA) is 31.6 Å². The lowest BCUT2D eigenvalue weighted by molar-refractivity contribution is 0.354. The molecule has 3 nitrogen and oxygen atoms in total. The highest BCUT2D eigenvalue weighted by molar-refractivity contribution is 9.11. The fourth-order valence-electron chi connectivity index (χ4n) is 2.10. The van der Waals surface area contributed by atoms with Crippen LogP contribution in [-0.2, 0) is 6.42 Å². The van der Waals surface area contributed by atoms with Crippen molar-refractivity contribution in [3.05, 3.63) is 45.8 Å². The highest BCUT2D eigenvalue weighted by Gasteiger charge is 2.21. The Labute approximate surface area is 135 Å². The predicted octanol–water partition coefficient (Wildman–Crippen LogP) is 5.11. The van der Waals surface area contributed by atoms with E-state index in [-0.39, 0.29) is 4.83 Å². The second-order valence-corrected chi connectivity index (χ2v) is 6.01. The Morgan fingerprint density at radius 1 is 1.15 bits per heavy atom. The van der Waals surface area contributed by atoms with Gasteiger partial charge in [0, 0.05) is 16.5 Å². The zero-order valence-corrected chi connectivity index (χ0v) is 14.7. The number of hydrogen-bond donors (Lipinski definition) is 0. The van der Waals surface area contributed by atoms with E-state index in [9.17, 15) is 0 Å². The molecule has 0 saturated carbocycles. The van der Waals surface area contributed by atoms with Crippen LogP contribution < -0.4 is 9.47 Å². The summed E-state index contributed by atoms with van der Waals surface area (Å²) in [6.07, 6.45) is 2.58. The van der Waals surface area contributed by atoms with E-state index in [0.717, 1.165) is 27.8 Å². The SMILES string of the molecule is CCc1occc1C(Br)c1cc(OC)c(OC)cc1Br. The van der Waals surface area contributed by atoms with Crippen molar-refractivity contribution in [2.45, 2.75) is 18.2 Å². The fourth-order valence-corrected chi connectivity index (χ4v) is 3.74. The van der Waals surface area contributed by atoms with Gasteiger partial charge >= 0.3 is 0 Å². The maximum absolute atomic E-state index is 5.50. The quantitative estimate of drug-likeness (QED) is 0.650.